The van der Waals surface area contributed by atoms with Crippen LogP contribution in [0.3, 0.4) is 0 Å². The third kappa shape index (κ3) is 3.83. The molecule has 0 aliphatic heterocycles. The van der Waals surface area contributed by atoms with E-state index in [9.17, 15) is 0 Å². The Balaban J connectivity index is 1.20. The highest BCUT2D eigenvalue weighted by Gasteiger charge is 2.51. The van der Waals surface area contributed by atoms with Crippen molar-refractivity contribution in [3.8, 4) is 22.3 Å². The van der Waals surface area contributed by atoms with Gasteiger partial charge in [-0.05, 0) is 113 Å². The molecule has 0 saturated carbocycles. The molecule has 0 N–H and O–H groups in total. The van der Waals surface area contributed by atoms with Crippen LogP contribution in [-0.2, 0) is 5.41 Å². The van der Waals surface area contributed by atoms with Gasteiger partial charge >= 0.3 is 0 Å². The summed E-state index contributed by atoms with van der Waals surface area (Å²) < 4.78 is 0. The summed E-state index contributed by atoms with van der Waals surface area (Å²) in [4.78, 5) is 2.51. The van der Waals surface area contributed by atoms with Crippen LogP contribution in [0.4, 0.5) is 17.1 Å². The van der Waals surface area contributed by atoms with E-state index in [-0.39, 0.29) is 0 Å². The Kier molecular flexibility index (Phi) is 6.04. The van der Waals surface area contributed by atoms with E-state index in [1.165, 1.54) is 93.3 Å². The molecule has 10 aromatic rings. The highest BCUT2D eigenvalue weighted by Crippen LogP contribution is 2.63. The first kappa shape index (κ1) is 29.6. The molecule has 0 amide bonds. The number of fused-ring (bicyclic) bond motifs is 17. The van der Waals surface area contributed by atoms with Crippen LogP contribution in [0.5, 0.6) is 0 Å². The van der Waals surface area contributed by atoms with E-state index < -0.39 is 5.41 Å². The monoisotopic (exact) mass is 683 g/mol. The molecule has 0 bridgehead atoms. The summed E-state index contributed by atoms with van der Waals surface area (Å²) in [6.45, 7) is 0. The summed E-state index contributed by atoms with van der Waals surface area (Å²) in [5, 5.41) is 10.1. The van der Waals surface area contributed by atoms with E-state index in [1.54, 1.807) is 0 Å². The third-order valence-corrected chi connectivity index (χ3v) is 12.2. The highest BCUT2D eigenvalue weighted by atomic mass is 15.1. The molecule has 0 saturated heterocycles. The van der Waals surface area contributed by atoms with Gasteiger partial charge in [0, 0.05) is 16.8 Å². The van der Waals surface area contributed by atoms with Crippen LogP contribution < -0.4 is 4.90 Å². The smallest absolute Gasteiger partial charge is 0.0726 e. The fraction of sp³-hybridized carbons (Fsp3) is 0.0189. The predicted molar refractivity (Wildman–Crippen MR) is 227 cm³/mol. The number of anilines is 3. The van der Waals surface area contributed by atoms with Gasteiger partial charge in [0.1, 0.15) is 0 Å². The summed E-state index contributed by atoms with van der Waals surface area (Å²) >= 11 is 0. The lowest BCUT2D eigenvalue weighted by atomic mass is 9.70. The highest BCUT2D eigenvalue weighted by molar-refractivity contribution is 6.28. The van der Waals surface area contributed by atoms with E-state index in [0.717, 1.165) is 11.4 Å². The molecule has 0 atom stereocenters. The van der Waals surface area contributed by atoms with Crippen LogP contribution in [0.2, 0.25) is 0 Å². The van der Waals surface area contributed by atoms with Crippen molar-refractivity contribution >= 4 is 60.2 Å². The van der Waals surface area contributed by atoms with E-state index in [0.29, 0.717) is 0 Å². The molecule has 2 aliphatic carbocycles. The van der Waals surface area contributed by atoms with Gasteiger partial charge in [0.05, 0.1) is 11.1 Å². The Morgan fingerprint density at radius 3 is 1.37 bits per heavy atom. The summed E-state index contributed by atoms with van der Waals surface area (Å²) in [5.41, 5.74) is 13.7. The van der Waals surface area contributed by atoms with Gasteiger partial charge in [0.15, 0.2) is 0 Å². The van der Waals surface area contributed by atoms with Gasteiger partial charge in [-0.15, -0.1) is 0 Å². The van der Waals surface area contributed by atoms with Crippen molar-refractivity contribution in [3.05, 3.63) is 222 Å². The lowest BCUT2D eigenvalue weighted by Gasteiger charge is -2.32. The van der Waals surface area contributed by atoms with Gasteiger partial charge in [0.2, 0.25) is 0 Å². The second-order valence-electron chi connectivity index (χ2n) is 14.8. The van der Waals surface area contributed by atoms with Crippen molar-refractivity contribution in [1.29, 1.82) is 0 Å². The summed E-state index contributed by atoms with van der Waals surface area (Å²) in [7, 11) is 0. The molecular weight excluding hydrogens is 651 g/mol. The summed E-state index contributed by atoms with van der Waals surface area (Å²) in [6, 6.07) is 74.7. The minimum atomic E-state index is -0.425. The molecule has 10 aromatic carbocycles. The zero-order valence-corrected chi connectivity index (χ0v) is 29.5. The van der Waals surface area contributed by atoms with Gasteiger partial charge in [-0.3, -0.25) is 0 Å². The Labute approximate surface area is 314 Å². The van der Waals surface area contributed by atoms with Crippen LogP contribution in [-0.4, -0.2) is 0 Å². The normalized spacial score (nSPS) is 13.3. The van der Waals surface area contributed by atoms with E-state index in [1.807, 2.05) is 0 Å². The molecule has 2 aliphatic rings. The molecule has 54 heavy (non-hydrogen) atoms. The Hall–Kier alpha value is -6.96. The average molecular weight is 684 g/mol. The SMILES string of the molecule is c1ccc2c(c1)-c1ccccc1C21c2ccccc2-c2ccc(N(c3ccc4ccccc4c3)c3cccc4c5ccccc5c5ccccc5c34)cc21. The van der Waals surface area contributed by atoms with Crippen molar-refractivity contribution in [2.45, 2.75) is 5.41 Å². The fourth-order valence-corrected chi connectivity index (χ4v) is 10.1. The lowest BCUT2D eigenvalue weighted by molar-refractivity contribution is 0.793. The largest absolute Gasteiger partial charge is 0.310 e. The van der Waals surface area contributed by atoms with Gasteiger partial charge < -0.3 is 4.90 Å². The average Bonchev–Trinajstić information content (AvgIpc) is 3.71. The van der Waals surface area contributed by atoms with Gasteiger partial charge in [-0.2, -0.15) is 0 Å². The number of benzene rings is 10. The molecular formula is C53H33N. The van der Waals surface area contributed by atoms with Crippen LogP contribution in [0.25, 0.3) is 65.3 Å². The quantitative estimate of drug-likeness (QED) is 0.168. The van der Waals surface area contributed by atoms with Crippen LogP contribution in [0.15, 0.2) is 200 Å². The van der Waals surface area contributed by atoms with Crippen LogP contribution in [0.1, 0.15) is 22.3 Å². The maximum atomic E-state index is 2.51. The standard InChI is InChI=1S/C53H33N/c1-2-15-35-32-36(29-28-34(35)14-1)54(51-27-13-23-46-40-17-4-3-16-38(40)39-18-5-6-22-45(39)52(46)51)37-30-31-44-43-21-9-12-26-49(43)53(50(44)33-37)47-24-10-7-19-41(47)42-20-8-11-25-48(42)53/h1-33H. The van der Waals surface area contributed by atoms with Gasteiger partial charge in [-0.1, -0.05) is 170 Å². The first-order valence-corrected chi connectivity index (χ1v) is 18.9. The number of hydrogen-bond donors (Lipinski definition) is 0. The summed E-state index contributed by atoms with van der Waals surface area (Å²) in [5.74, 6) is 0. The molecule has 1 heteroatoms. The first-order chi connectivity index (χ1) is 26.8. The minimum absolute atomic E-state index is 0.425. The van der Waals surface area contributed by atoms with Crippen molar-refractivity contribution in [3.63, 3.8) is 0 Å². The van der Waals surface area contributed by atoms with Crippen molar-refractivity contribution in [1.82, 2.24) is 0 Å². The Morgan fingerprint density at radius 2 is 0.741 bits per heavy atom. The van der Waals surface area contributed by atoms with Crippen LogP contribution >= 0.6 is 0 Å². The lowest BCUT2D eigenvalue weighted by Crippen LogP contribution is -2.26. The third-order valence-electron chi connectivity index (χ3n) is 12.2. The molecule has 12 rings (SSSR count). The van der Waals surface area contributed by atoms with Gasteiger partial charge in [-0.25, -0.2) is 0 Å². The topological polar surface area (TPSA) is 3.24 Å². The number of hydrogen-bond acceptors (Lipinski definition) is 1. The van der Waals surface area contributed by atoms with Gasteiger partial charge in [0.25, 0.3) is 0 Å². The molecule has 250 valence electrons. The molecule has 0 fully saturated rings. The van der Waals surface area contributed by atoms with Crippen molar-refractivity contribution < 1.29 is 0 Å². The zero-order chi connectivity index (χ0) is 35.4. The second-order valence-corrected chi connectivity index (χ2v) is 14.8. The van der Waals surface area contributed by atoms with E-state index in [4.69, 9.17) is 0 Å². The molecule has 1 spiro atoms. The maximum absolute atomic E-state index is 2.51. The molecule has 1 nitrogen and oxygen atoms in total. The first-order valence-electron chi connectivity index (χ1n) is 18.9. The van der Waals surface area contributed by atoms with E-state index >= 15 is 0 Å². The summed E-state index contributed by atoms with van der Waals surface area (Å²) in [6.07, 6.45) is 0. The Bertz CT molecular complexity index is 3080. The molecule has 0 aromatic heterocycles. The number of nitrogens with zero attached hydrogens (tertiary/aromatic N) is 1. The molecule has 0 heterocycles. The fourth-order valence-electron chi connectivity index (χ4n) is 10.1. The predicted octanol–water partition coefficient (Wildman–Crippen LogP) is 14.1. The molecule has 0 radical (unpaired) electrons. The maximum Gasteiger partial charge on any atom is 0.0726 e. The second kappa shape index (κ2) is 11.0. The zero-order valence-electron chi connectivity index (χ0n) is 29.5. The number of rotatable bonds is 3. The van der Waals surface area contributed by atoms with E-state index in [2.05, 4.69) is 205 Å². The van der Waals surface area contributed by atoms with Crippen molar-refractivity contribution in [2.75, 3.05) is 4.90 Å². The van der Waals surface area contributed by atoms with Crippen LogP contribution in [0, 0.1) is 0 Å². The molecule has 0 unspecified atom stereocenters. The minimum Gasteiger partial charge on any atom is -0.310 e. The van der Waals surface area contributed by atoms with Crippen molar-refractivity contribution in [2.24, 2.45) is 0 Å². The Morgan fingerprint density at radius 1 is 0.296 bits per heavy atom.